The maximum Gasteiger partial charge on any atom is 0.270 e. The van der Waals surface area contributed by atoms with Gasteiger partial charge in [0.25, 0.3) is 5.91 Å². The lowest BCUT2D eigenvalue weighted by Gasteiger charge is -2.02. The highest BCUT2D eigenvalue weighted by molar-refractivity contribution is 7.14. The van der Waals surface area contributed by atoms with E-state index in [1.807, 2.05) is 25.1 Å². The molecule has 2 aromatic rings. The lowest BCUT2D eigenvalue weighted by Crippen LogP contribution is -2.27. The summed E-state index contributed by atoms with van der Waals surface area (Å²) in [5.74, 6) is 0.509. The van der Waals surface area contributed by atoms with Crippen LogP contribution in [0.3, 0.4) is 0 Å². The number of thiazole rings is 1. The molecule has 0 saturated heterocycles. The first-order valence-electron chi connectivity index (χ1n) is 6.12. The van der Waals surface area contributed by atoms with Gasteiger partial charge in [-0.05, 0) is 19.1 Å². The first-order valence-corrected chi connectivity index (χ1v) is 7.00. The Balaban J connectivity index is 1.96. The minimum absolute atomic E-state index is 0.205. The van der Waals surface area contributed by atoms with Crippen molar-refractivity contribution in [2.45, 2.75) is 6.92 Å². The third-order valence-electron chi connectivity index (χ3n) is 2.45. The zero-order valence-electron chi connectivity index (χ0n) is 11.3. The average Bonchev–Trinajstić information content (AvgIpc) is 2.87. The molecule has 7 heteroatoms. The first kappa shape index (κ1) is 14.4. The van der Waals surface area contributed by atoms with Crippen molar-refractivity contribution in [3.8, 4) is 0 Å². The molecule has 0 aliphatic heterocycles. The van der Waals surface area contributed by atoms with E-state index in [-0.39, 0.29) is 5.91 Å². The van der Waals surface area contributed by atoms with Gasteiger partial charge in [-0.3, -0.25) is 4.79 Å². The number of carbonyl (C=O) groups is 1. The summed E-state index contributed by atoms with van der Waals surface area (Å²) in [7, 11) is 1.59. The van der Waals surface area contributed by atoms with Gasteiger partial charge < -0.3 is 15.4 Å². The standard InChI is InChI=1S/C13H16N4O2S/c1-9-4-3-5-11(15-9)17-13-16-10(8-20-13)12(18)14-6-7-19-2/h3-5,8H,6-7H2,1-2H3,(H,14,18)(H,15,16,17). The number of hydrogen-bond donors (Lipinski definition) is 2. The monoisotopic (exact) mass is 292 g/mol. The Labute approximate surface area is 121 Å². The van der Waals surface area contributed by atoms with Crippen molar-refractivity contribution in [2.24, 2.45) is 0 Å². The Bertz CT molecular complexity index is 585. The summed E-state index contributed by atoms with van der Waals surface area (Å²) >= 11 is 1.36. The molecule has 6 nitrogen and oxygen atoms in total. The molecule has 0 atom stereocenters. The Hall–Kier alpha value is -1.99. The number of nitrogens with one attached hydrogen (secondary N) is 2. The first-order chi connectivity index (χ1) is 9.69. The Morgan fingerprint density at radius 1 is 1.40 bits per heavy atom. The van der Waals surface area contributed by atoms with E-state index in [0.717, 1.165) is 5.69 Å². The fourth-order valence-corrected chi connectivity index (χ4v) is 2.21. The number of aryl methyl sites for hydroxylation is 1. The molecule has 2 heterocycles. The molecule has 0 aliphatic carbocycles. The van der Waals surface area contributed by atoms with Crippen molar-refractivity contribution in [2.75, 3.05) is 25.6 Å². The van der Waals surface area contributed by atoms with Crippen molar-refractivity contribution < 1.29 is 9.53 Å². The van der Waals surface area contributed by atoms with Crippen LogP contribution in [-0.4, -0.2) is 36.1 Å². The number of nitrogens with zero attached hydrogens (tertiary/aromatic N) is 2. The summed E-state index contributed by atoms with van der Waals surface area (Å²) in [5, 5.41) is 8.15. The second-order valence-electron chi connectivity index (χ2n) is 4.08. The third-order valence-corrected chi connectivity index (χ3v) is 3.21. The quantitative estimate of drug-likeness (QED) is 0.796. The Morgan fingerprint density at radius 3 is 3.00 bits per heavy atom. The Kier molecular flexibility index (Phi) is 5.03. The van der Waals surface area contributed by atoms with Gasteiger partial charge in [0.1, 0.15) is 11.5 Å². The molecule has 1 amide bonds. The molecule has 0 aliphatic rings. The van der Waals surface area contributed by atoms with Gasteiger partial charge in [-0.1, -0.05) is 6.07 Å². The van der Waals surface area contributed by atoms with E-state index in [2.05, 4.69) is 20.6 Å². The van der Waals surface area contributed by atoms with Gasteiger partial charge >= 0.3 is 0 Å². The molecule has 0 bridgehead atoms. The van der Waals surface area contributed by atoms with Gasteiger partial charge in [0.15, 0.2) is 5.13 Å². The second kappa shape index (κ2) is 6.97. The van der Waals surface area contributed by atoms with Crippen LogP contribution in [0.4, 0.5) is 10.9 Å². The molecule has 2 rings (SSSR count). The maximum absolute atomic E-state index is 11.8. The van der Waals surface area contributed by atoms with Gasteiger partial charge in [0.05, 0.1) is 6.61 Å². The van der Waals surface area contributed by atoms with E-state index < -0.39 is 0 Å². The van der Waals surface area contributed by atoms with Crippen LogP contribution in [0.15, 0.2) is 23.6 Å². The summed E-state index contributed by atoms with van der Waals surface area (Å²) < 4.78 is 4.87. The molecule has 2 aromatic heterocycles. The number of anilines is 2. The predicted octanol–water partition coefficient (Wildman–Crippen LogP) is 1.97. The smallest absolute Gasteiger partial charge is 0.270 e. The highest BCUT2D eigenvalue weighted by Gasteiger charge is 2.10. The van der Waals surface area contributed by atoms with Crippen LogP contribution in [0.25, 0.3) is 0 Å². The number of pyridine rings is 1. The largest absolute Gasteiger partial charge is 0.383 e. The van der Waals surface area contributed by atoms with E-state index in [0.29, 0.717) is 29.8 Å². The van der Waals surface area contributed by atoms with Crippen molar-refractivity contribution in [3.05, 3.63) is 35.0 Å². The van der Waals surface area contributed by atoms with Gasteiger partial charge in [-0.15, -0.1) is 11.3 Å². The zero-order valence-corrected chi connectivity index (χ0v) is 12.2. The maximum atomic E-state index is 11.8. The zero-order chi connectivity index (χ0) is 14.4. The van der Waals surface area contributed by atoms with E-state index in [1.165, 1.54) is 11.3 Å². The minimum atomic E-state index is -0.205. The molecule has 0 radical (unpaired) electrons. The normalized spacial score (nSPS) is 10.3. The van der Waals surface area contributed by atoms with Crippen molar-refractivity contribution in [3.63, 3.8) is 0 Å². The number of hydrogen-bond acceptors (Lipinski definition) is 6. The molecule has 0 unspecified atom stereocenters. The summed E-state index contributed by atoms with van der Waals surface area (Å²) in [5.41, 5.74) is 1.31. The third kappa shape index (κ3) is 4.01. The number of carbonyl (C=O) groups excluding carboxylic acids is 1. The molecule has 0 spiro atoms. The summed E-state index contributed by atoms with van der Waals surface area (Å²) in [6, 6.07) is 5.69. The Morgan fingerprint density at radius 2 is 2.25 bits per heavy atom. The predicted molar refractivity (Wildman–Crippen MR) is 78.6 cm³/mol. The fourth-order valence-electron chi connectivity index (χ4n) is 1.51. The molecule has 106 valence electrons. The van der Waals surface area contributed by atoms with Crippen LogP contribution < -0.4 is 10.6 Å². The van der Waals surface area contributed by atoms with E-state index in [1.54, 1.807) is 12.5 Å². The second-order valence-corrected chi connectivity index (χ2v) is 4.93. The fraction of sp³-hybridized carbons (Fsp3) is 0.308. The van der Waals surface area contributed by atoms with Crippen LogP contribution in [0.2, 0.25) is 0 Å². The SMILES string of the molecule is COCCNC(=O)c1csc(Nc2cccc(C)n2)n1. The van der Waals surface area contributed by atoms with Crippen molar-refractivity contribution in [1.29, 1.82) is 0 Å². The molecule has 0 aromatic carbocycles. The van der Waals surface area contributed by atoms with Gasteiger partial charge in [0, 0.05) is 24.7 Å². The minimum Gasteiger partial charge on any atom is -0.383 e. The van der Waals surface area contributed by atoms with Crippen LogP contribution in [0.1, 0.15) is 16.2 Å². The van der Waals surface area contributed by atoms with E-state index in [4.69, 9.17) is 4.74 Å². The van der Waals surface area contributed by atoms with E-state index >= 15 is 0 Å². The van der Waals surface area contributed by atoms with Crippen molar-refractivity contribution in [1.82, 2.24) is 15.3 Å². The van der Waals surface area contributed by atoms with Crippen LogP contribution >= 0.6 is 11.3 Å². The molecule has 2 N–H and O–H groups in total. The molecule has 0 fully saturated rings. The number of methoxy groups -OCH3 is 1. The van der Waals surface area contributed by atoms with Gasteiger partial charge in [-0.2, -0.15) is 0 Å². The summed E-state index contributed by atoms with van der Waals surface area (Å²) in [6.07, 6.45) is 0. The van der Waals surface area contributed by atoms with Crippen molar-refractivity contribution >= 4 is 28.2 Å². The molecule has 0 saturated carbocycles. The van der Waals surface area contributed by atoms with Crippen LogP contribution in [-0.2, 0) is 4.74 Å². The molecule has 20 heavy (non-hydrogen) atoms. The number of ether oxygens (including phenoxy) is 1. The van der Waals surface area contributed by atoms with Crippen LogP contribution in [0, 0.1) is 6.92 Å². The van der Waals surface area contributed by atoms with Gasteiger partial charge in [0.2, 0.25) is 0 Å². The summed E-state index contributed by atoms with van der Waals surface area (Å²) in [4.78, 5) is 20.3. The average molecular weight is 292 g/mol. The molecular formula is C13H16N4O2S. The van der Waals surface area contributed by atoms with E-state index in [9.17, 15) is 4.79 Å². The summed E-state index contributed by atoms with van der Waals surface area (Å²) in [6.45, 7) is 2.87. The highest BCUT2D eigenvalue weighted by atomic mass is 32.1. The lowest BCUT2D eigenvalue weighted by molar-refractivity contribution is 0.0933. The number of amides is 1. The molecular weight excluding hydrogens is 276 g/mol. The highest BCUT2D eigenvalue weighted by Crippen LogP contribution is 2.19. The van der Waals surface area contributed by atoms with Gasteiger partial charge in [-0.25, -0.2) is 9.97 Å². The van der Waals surface area contributed by atoms with Crippen LogP contribution in [0.5, 0.6) is 0 Å². The topological polar surface area (TPSA) is 76.1 Å². The lowest BCUT2D eigenvalue weighted by atomic mass is 10.4. The number of aromatic nitrogens is 2. The number of rotatable bonds is 6.